The summed E-state index contributed by atoms with van der Waals surface area (Å²) in [5, 5.41) is 11.6. The fourth-order valence-electron chi connectivity index (χ4n) is 3.00. The Kier molecular flexibility index (Phi) is 6.05. The van der Waals surface area contributed by atoms with Crippen LogP contribution in [0.3, 0.4) is 0 Å². The maximum absolute atomic E-state index is 12.7. The van der Waals surface area contributed by atoms with Gasteiger partial charge < -0.3 is 10.4 Å². The largest absolute Gasteiger partial charge is 0.480 e. The Balaban J connectivity index is 1.82. The molecule has 1 aromatic carbocycles. The predicted octanol–water partition coefficient (Wildman–Crippen LogP) is 2.30. The number of halogens is 3. The Morgan fingerprint density at radius 2 is 2.00 bits per heavy atom. The molecule has 0 bridgehead atoms. The predicted molar refractivity (Wildman–Crippen MR) is 85.0 cm³/mol. The summed E-state index contributed by atoms with van der Waals surface area (Å²) in [4.78, 5) is 24.6. The molecule has 0 unspecified atom stereocenters. The SMILES string of the molecule is CCN(CC(=O)O)C1CC(NC(=O)Cc2cccc(C(F)(F)F)c2)C1. The number of likely N-dealkylation sites (N-methyl/N-ethyl adjacent to an activating group) is 1. The molecular formula is C17H21F3N2O3. The monoisotopic (exact) mass is 358 g/mol. The highest BCUT2D eigenvalue weighted by Crippen LogP contribution is 2.30. The van der Waals surface area contributed by atoms with Crippen LogP contribution < -0.4 is 5.32 Å². The quantitative estimate of drug-likeness (QED) is 0.785. The van der Waals surface area contributed by atoms with Crippen LogP contribution in [0.2, 0.25) is 0 Å². The van der Waals surface area contributed by atoms with Crippen LogP contribution in [0.4, 0.5) is 13.2 Å². The highest BCUT2D eigenvalue weighted by Gasteiger charge is 2.35. The van der Waals surface area contributed by atoms with Crippen molar-refractivity contribution in [1.82, 2.24) is 10.2 Å². The molecule has 0 atom stereocenters. The zero-order chi connectivity index (χ0) is 18.6. The van der Waals surface area contributed by atoms with Gasteiger partial charge in [0.05, 0.1) is 18.5 Å². The molecule has 0 aliphatic heterocycles. The second-order valence-electron chi connectivity index (χ2n) is 6.22. The number of hydrogen-bond acceptors (Lipinski definition) is 3. The minimum absolute atomic E-state index is 0.0356. The van der Waals surface area contributed by atoms with Crippen molar-refractivity contribution in [2.24, 2.45) is 0 Å². The summed E-state index contributed by atoms with van der Waals surface area (Å²) in [5.74, 6) is -1.22. The van der Waals surface area contributed by atoms with E-state index in [2.05, 4.69) is 5.32 Å². The smallest absolute Gasteiger partial charge is 0.416 e. The van der Waals surface area contributed by atoms with Crippen molar-refractivity contribution < 1.29 is 27.9 Å². The van der Waals surface area contributed by atoms with Crippen molar-refractivity contribution in [2.75, 3.05) is 13.1 Å². The first-order chi connectivity index (χ1) is 11.7. The number of carbonyl (C=O) groups is 2. The summed E-state index contributed by atoms with van der Waals surface area (Å²) < 4.78 is 38.0. The van der Waals surface area contributed by atoms with Gasteiger partial charge in [0, 0.05) is 12.1 Å². The standard InChI is InChI=1S/C17H21F3N2O3/c1-2-22(10-16(24)25)14-8-13(9-14)21-15(23)7-11-4-3-5-12(6-11)17(18,19)20/h3-6,13-14H,2,7-10H2,1H3,(H,21,23)(H,24,25). The molecule has 1 aliphatic rings. The maximum Gasteiger partial charge on any atom is 0.416 e. The molecular weight excluding hydrogens is 337 g/mol. The lowest BCUT2D eigenvalue weighted by Gasteiger charge is -2.42. The van der Waals surface area contributed by atoms with Crippen LogP contribution in [0, 0.1) is 0 Å². The third kappa shape index (κ3) is 5.45. The molecule has 1 aromatic rings. The minimum atomic E-state index is -4.43. The molecule has 0 spiro atoms. The lowest BCUT2D eigenvalue weighted by molar-refractivity contribution is -0.140. The Morgan fingerprint density at radius 1 is 1.32 bits per heavy atom. The van der Waals surface area contributed by atoms with Crippen LogP contribution in [0.5, 0.6) is 0 Å². The van der Waals surface area contributed by atoms with Gasteiger partial charge in [0.1, 0.15) is 0 Å². The number of alkyl halides is 3. The highest BCUT2D eigenvalue weighted by atomic mass is 19.4. The summed E-state index contributed by atoms with van der Waals surface area (Å²) in [6.07, 6.45) is -3.25. The molecule has 1 saturated carbocycles. The van der Waals surface area contributed by atoms with Gasteiger partial charge in [-0.1, -0.05) is 25.1 Å². The van der Waals surface area contributed by atoms with Crippen molar-refractivity contribution in [3.8, 4) is 0 Å². The third-order valence-electron chi connectivity index (χ3n) is 4.36. The van der Waals surface area contributed by atoms with E-state index in [1.807, 2.05) is 11.8 Å². The van der Waals surface area contributed by atoms with E-state index < -0.39 is 17.7 Å². The Labute approximate surface area is 143 Å². The molecule has 1 fully saturated rings. The molecule has 2 N–H and O–H groups in total. The van der Waals surface area contributed by atoms with Gasteiger partial charge in [-0.05, 0) is 31.0 Å². The second kappa shape index (κ2) is 7.86. The van der Waals surface area contributed by atoms with Gasteiger partial charge in [-0.15, -0.1) is 0 Å². The van der Waals surface area contributed by atoms with Crippen LogP contribution in [0.25, 0.3) is 0 Å². The first-order valence-electron chi connectivity index (χ1n) is 8.10. The molecule has 138 valence electrons. The first-order valence-corrected chi connectivity index (χ1v) is 8.10. The normalized spacial score (nSPS) is 20.2. The zero-order valence-corrected chi connectivity index (χ0v) is 13.8. The van der Waals surface area contributed by atoms with Gasteiger partial charge in [-0.3, -0.25) is 14.5 Å². The number of nitrogens with zero attached hydrogens (tertiary/aromatic N) is 1. The first kappa shape index (κ1) is 19.2. The van der Waals surface area contributed by atoms with Gasteiger partial charge in [-0.2, -0.15) is 13.2 Å². The molecule has 0 saturated heterocycles. The van der Waals surface area contributed by atoms with Crippen LogP contribution in [0.15, 0.2) is 24.3 Å². The summed E-state index contributed by atoms with van der Waals surface area (Å²) >= 11 is 0. The van der Waals surface area contributed by atoms with Crippen molar-refractivity contribution >= 4 is 11.9 Å². The van der Waals surface area contributed by atoms with Gasteiger partial charge in [0.2, 0.25) is 5.91 Å². The van der Waals surface area contributed by atoms with Crippen molar-refractivity contribution in [2.45, 2.75) is 44.4 Å². The van der Waals surface area contributed by atoms with E-state index in [0.717, 1.165) is 12.1 Å². The number of amides is 1. The van der Waals surface area contributed by atoms with Crippen LogP contribution in [-0.2, 0) is 22.2 Å². The fraction of sp³-hybridized carbons (Fsp3) is 0.529. The molecule has 1 aliphatic carbocycles. The van der Waals surface area contributed by atoms with E-state index in [0.29, 0.717) is 24.9 Å². The molecule has 8 heteroatoms. The Bertz CT molecular complexity index is 628. The van der Waals surface area contributed by atoms with E-state index in [1.165, 1.54) is 12.1 Å². The molecule has 0 radical (unpaired) electrons. The maximum atomic E-state index is 12.7. The van der Waals surface area contributed by atoms with Gasteiger partial charge in [0.25, 0.3) is 0 Å². The van der Waals surface area contributed by atoms with Crippen molar-refractivity contribution in [1.29, 1.82) is 0 Å². The number of hydrogen-bond donors (Lipinski definition) is 2. The number of nitrogens with one attached hydrogen (secondary N) is 1. The highest BCUT2D eigenvalue weighted by molar-refractivity contribution is 5.79. The Morgan fingerprint density at radius 3 is 2.56 bits per heavy atom. The zero-order valence-electron chi connectivity index (χ0n) is 13.8. The lowest BCUT2D eigenvalue weighted by Crippen LogP contribution is -2.55. The Hall–Kier alpha value is -2.09. The van der Waals surface area contributed by atoms with Crippen LogP contribution in [-0.4, -0.2) is 47.1 Å². The molecule has 1 amide bonds. The van der Waals surface area contributed by atoms with Gasteiger partial charge in [-0.25, -0.2) is 0 Å². The number of aliphatic carboxylic acids is 1. The third-order valence-corrected chi connectivity index (χ3v) is 4.36. The average molecular weight is 358 g/mol. The number of carboxylic acids is 1. The molecule has 0 aromatic heterocycles. The van der Waals surface area contributed by atoms with E-state index in [1.54, 1.807) is 0 Å². The van der Waals surface area contributed by atoms with Crippen LogP contribution in [0.1, 0.15) is 30.9 Å². The van der Waals surface area contributed by atoms with E-state index >= 15 is 0 Å². The van der Waals surface area contributed by atoms with E-state index in [9.17, 15) is 22.8 Å². The summed E-state index contributed by atoms with van der Waals surface area (Å²) in [7, 11) is 0. The fourth-order valence-corrected chi connectivity index (χ4v) is 3.00. The average Bonchev–Trinajstić information content (AvgIpc) is 2.47. The summed E-state index contributed by atoms with van der Waals surface area (Å²) in [6.45, 7) is 2.45. The molecule has 5 nitrogen and oxygen atoms in total. The van der Waals surface area contributed by atoms with E-state index in [-0.39, 0.29) is 31.0 Å². The topological polar surface area (TPSA) is 69.6 Å². The second-order valence-corrected chi connectivity index (χ2v) is 6.22. The number of benzene rings is 1. The van der Waals surface area contributed by atoms with Crippen molar-refractivity contribution in [3.63, 3.8) is 0 Å². The minimum Gasteiger partial charge on any atom is -0.480 e. The molecule has 0 heterocycles. The molecule has 25 heavy (non-hydrogen) atoms. The van der Waals surface area contributed by atoms with Crippen LogP contribution >= 0.6 is 0 Å². The van der Waals surface area contributed by atoms with E-state index in [4.69, 9.17) is 5.11 Å². The summed E-state index contributed by atoms with van der Waals surface area (Å²) in [6, 6.07) is 4.78. The number of carboxylic acid groups (broad SMARTS) is 1. The van der Waals surface area contributed by atoms with Gasteiger partial charge >= 0.3 is 12.1 Å². The molecule has 2 rings (SSSR count). The van der Waals surface area contributed by atoms with Crippen molar-refractivity contribution in [3.05, 3.63) is 35.4 Å². The summed E-state index contributed by atoms with van der Waals surface area (Å²) in [5.41, 5.74) is -0.460. The number of rotatable bonds is 7. The number of carbonyl (C=O) groups excluding carboxylic acids is 1. The van der Waals surface area contributed by atoms with Gasteiger partial charge in [0.15, 0.2) is 0 Å². The lowest BCUT2D eigenvalue weighted by atomic mass is 9.85.